The minimum absolute atomic E-state index is 0.250. The lowest BCUT2D eigenvalue weighted by atomic mass is 9.84. The predicted octanol–water partition coefficient (Wildman–Crippen LogP) is 1.85. The van der Waals surface area contributed by atoms with Crippen LogP contribution in [0.3, 0.4) is 0 Å². The van der Waals surface area contributed by atoms with Crippen LogP contribution in [0.25, 0.3) is 0 Å². The van der Waals surface area contributed by atoms with E-state index in [4.69, 9.17) is 9.59 Å². The van der Waals surface area contributed by atoms with Crippen LogP contribution >= 0.6 is 0 Å². The summed E-state index contributed by atoms with van der Waals surface area (Å²) in [7, 11) is 0. The summed E-state index contributed by atoms with van der Waals surface area (Å²) in [5.41, 5.74) is 2.87. The van der Waals surface area contributed by atoms with E-state index in [1.807, 2.05) is 20.8 Å². The molecule has 0 aliphatic carbocycles. The molecule has 6 nitrogen and oxygen atoms in total. The maximum absolute atomic E-state index is 9.21. The lowest BCUT2D eigenvalue weighted by molar-refractivity contribution is -0.191. The summed E-state index contributed by atoms with van der Waals surface area (Å²) in [6.07, 6.45) is 3.47. The van der Waals surface area contributed by atoms with Gasteiger partial charge in [-0.15, -0.1) is 0 Å². The number of aromatic nitrogens is 3. The number of hydrogen-bond donors (Lipinski definition) is 0. The van der Waals surface area contributed by atoms with Crippen LogP contribution in [0.2, 0.25) is 0 Å². The van der Waals surface area contributed by atoms with E-state index in [2.05, 4.69) is 34.4 Å². The first-order chi connectivity index (χ1) is 9.92. The van der Waals surface area contributed by atoms with Crippen molar-refractivity contribution in [2.24, 2.45) is 0 Å². The molecule has 0 saturated carbocycles. The Bertz CT molecular complexity index is 663. The van der Waals surface area contributed by atoms with Crippen molar-refractivity contribution in [2.45, 2.75) is 32.7 Å². The summed E-state index contributed by atoms with van der Waals surface area (Å²) in [4.78, 5) is 20.2. The fourth-order valence-corrected chi connectivity index (χ4v) is 1.88. The van der Waals surface area contributed by atoms with E-state index in [0.717, 1.165) is 16.7 Å². The van der Waals surface area contributed by atoms with Crippen LogP contribution in [0.1, 0.15) is 30.5 Å². The molecule has 0 amide bonds. The van der Waals surface area contributed by atoms with Gasteiger partial charge in [-0.05, 0) is 31.9 Å². The normalized spacial score (nSPS) is 10.0. The molecule has 0 aliphatic heterocycles. The van der Waals surface area contributed by atoms with Crippen molar-refractivity contribution in [2.75, 3.05) is 0 Å². The van der Waals surface area contributed by atoms with Gasteiger partial charge in [0.1, 0.15) is 12.7 Å². The molecule has 21 heavy (non-hydrogen) atoms. The standard InChI is InChI=1S/C14H16N4.CO2/c1-11-4-12(7-18-10-16-9-17-18)6-13(5-11)14(2,3)8-15;2-1-3/h4-6,9-10H,7H2,1-3H3;. The quantitative estimate of drug-likeness (QED) is 0.858. The van der Waals surface area contributed by atoms with E-state index in [0.29, 0.717) is 6.54 Å². The maximum Gasteiger partial charge on any atom is 0.373 e. The summed E-state index contributed by atoms with van der Waals surface area (Å²) in [6.45, 7) is 6.58. The largest absolute Gasteiger partial charge is 0.373 e. The number of hydrogen-bond acceptors (Lipinski definition) is 5. The Balaban J connectivity index is 0.000000677. The van der Waals surface area contributed by atoms with Gasteiger partial charge in [0.15, 0.2) is 0 Å². The van der Waals surface area contributed by atoms with Crippen LogP contribution in [0.4, 0.5) is 0 Å². The van der Waals surface area contributed by atoms with E-state index in [-0.39, 0.29) is 6.15 Å². The smallest absolute Gasteiger partial charge is 0.249 e. The second-order valence-electron chi connectivity index (χ2n) is 5.12. The fourth-order valence-electron chi connectivity index (χ4n) is 1.88. The van der Waals surface area contributed by atoms with Gasteiger partial charge in [0.2, 0.25) is 0 Å². The van der Waals surface area contributed by atoms with Crippen molar-refractivity contribution < 1.29 is 9.59 Å². The number of nitrogens with zero attached hydrogens (tertiary/aromatic N) is 4. The zero-order chi connectivity index (χ0) is 15.9. The third kappa shape index (κ3) is 4.68. The lowest BCUT2D eigenvalue weighted by Gasteiger charge is -2.18. The first kappa shape index (κ1) is 16.3. The maximum atomic E-state index is 9.21. The van der Waals surface area contributed by atoms with Crippen LogP contribution in [0.5, 0.6) is 0 Å². The molecule has 0 spiro atoms. The average molecular weight is 284 g/mol. The average Bonchev–Trinajstić information content (AvgIpc) is 2.92. The Kier molecular flexibility index (Phi) is 5.53. The molecule has 1 heterocycles. The zero-order valence-corrected chi connectivity index (χ0v) is 12.2. The molecule has 0 atom stereocenters. The topological polar surface area (TPSA) is 88.6 Å². The second-order valence-corrected chi connectivity index (χ2v) is 5.12. The summed E-state index contributed by atoms with van der Waals surface area (Å²) < 4.78 is 1.78. The second kappa shape index (κ2) is 7.13. The molecular weight excluding hydrogens is 268 g/mol. The minimum Gasteiger partial charge on any atom is -0.249 e. The van der Waals surface area contributed by atoms with Crippen molar-refractivity contribution in [1.29, 1.82) is 5.26 Å². The van der Waals surface area contributed by atoms with Gasteiger partial charge in [-0.1, -0.05) is 23.8 Å². The van der Waals surface area contributed by atoms with Crippen LogP contribution in [0, 0.1) is 18.3 Å². The molecule has 1 aromatic carbocycles. The molecule has 0 aliphatic rings. The predicted molar refractivity (Wildman–Crippen MR) is 73.9 cm³/mol. The fraction of sp³-hybridized carbons (Fsp3) is 0.333. The highest BCUT2D eigenvalue weighted by molar-refractivity contribution is 5.37. The van der Waals surface area contributed by atoms with E-state index in [9.17, 15) is 5.26 Å². The van der Waals surface area contributed by atoms with Crippen molar-refractivity contribution in [1.82, 2.24) is 14.8 Å². The number of benzene rings is 1. The Morgan fingerprint density at radius 1 is 1.29 bits per heavy atom. The highest BCUT2D eigenvalue weighted by Gasteiger charge is 2.20. The molecule has 0 bridgehead atoms. The van der Waals surface area contributed by atoms with Gasteiger partial charge in [-0.2, -0.15) is 19.9 Å². The number of carbonyl (C=O) groups excluding carboxylic acids is 2. The zero-order valence-electron chi connectivity index (χ0n) is 12.2. The highest BCUT2D eigenvalue weighted by atomic mass is 16.2. The van der Waals surface area contributed by atoms with Gasteiger partial charge < -0.3 is 0 Å². The number of rotatable bonds is 3. The first-order valence-corrected chi connectivity index (χ1v) is 6.27. The number of aryl methyl sites for hydroxylation is 1. The van der Waals surface area contributed by atoms with Crippen LogP contribution in [0.15, 0.2) is 30.9 Å². The van der Waals surface area contributed by atoms with Crippen LogP contribution < -0.4 is 0 Å². The summed E-state index contributed by atoms with van der Waals surface area (Å²) in [6, 6.07) is 8.58. The Labute approximate surface area is 123 Å². The van der Waals surface area contributed by atoms with E-state index < -0.39 is 5.41 Å². The monoisotopic (exact) mass is 284 g/mol. The van der Waals surface area contributed by atoms with E-state index in [1.54, 1.807) is 11.0 Å². The van der Waals surface area contributed by atoms with Crippen LogP contribution in [-0.4, -0.2) is 20.9 Å². The molecule has 0 N–H and O–H groups in total. The van der Waals surface area contributed by atoms with Gasteiger partial charge in [-0.25, -0.2) is 9.67 Å². The molecule has 0 radical (unpaired) electrons. The van der Waals surface area contributed by atoms with Crippen LogP contribution in [-0.2, 0) is 21.5 Å². The van der Waals surface area contributed by atoms with E-state index in [1.165, 1.54) is 6.33 Å². The third-order valence-electron chi connectivity index (χ3n) is 2.95. The lowest BCUT2D eigenvalue weighted by Crippen LogP contribution is -2.15. The summed E-state index contributed by atoms with van der Waals surface area (Å²) in [5, 5.41) is 13.3. The van der Waals surface area contributed by atoms with Crippen molar-refractivity contribution in [3.63, 3.8) is 0 Å². The SMILES string of the molecule is Cc1cc(Cn2cncn2)cc(C(C)(C)C#N)c1.O=C=O. The van der Waals surface area contributed by atoms with E-state index >= 15 is 0 Å². The Morgan fingerprint density at radius 3 is 2.48 bits per heavy atom. The van der Waals surface area contributed by atoms with Gasteiger partial charge in [0, 0.05) is 0 Å². The molecule has 0 saturated heterocycles. The van der Waals surface area contributed by atoms with Crippen molar-refractivity contribution in [3.8, 4) is 6.07 Å². The molecule has 0 unspecified atom stereocenters. The molecule has 6 heteroatoms. The highest BCUT2D eigenvalue weighted by Crippen LogP contribution is 2.24. The molecular formula is C15H16N4O2. The summed E-state index contributed by atoms with van der Waals surface area (Å²) >= 11 is 0. The van der Waals surface area contributed by atoms with Crippen molar-refractivity contribution in [3.05, 3.63) is 47.5 Å². The van der Waals surface area contributed by atoms with Gasteiger partial charge in [0.05, 0.1) is 18.0 Å². The molecule has 2 aromatic rings. The minimum atomic E-state index is -0.469. The molecule has 1 aromatic heterocycles. The molecule has 0 fully saturated rings. The first-order valence-electron chi connectivity index (χ1n) is 6.27. The molecule has 108 valence electrons. The van der Waals surface area contributed by atoms with Gasteiger partial charge >= 0.3 is 6.15 Å². The number of nitriles is 1. The molecule has 2 rings (SSSR count). The van der Waals surface area contributed by atoms with Gasteiger partial charge in [0.25, 0.3) is 0 Å². The third-order valence-corrected chi connectivity index (χ3v) is 2.95. The van der Waals surface area contributed by atoms with Crippen molar-refractivity contribution >= 4 is 6.15 Å². The Morgan fingerprint density at radius 2 is 1.95 bits per heavy atom. The van der Waals surface area contributed by atoms with Gasteiger partial charge in [-0.3, -0.25) is 0 Å². The Hall–Kier alpha value is -2.77. The summed E-state index contributed by atoms with van der Waals surface area (Å²) in [5.74, 6) is 0.